The number of fused-ring (bicyclic) bond motifs is 1. The summed E-state index contributed by atoms with van der Waals surface area (Å²) in [6.07, 6.45) is 1.45. The third-order valence-corrected chi connectivity index (χ3v) is 7.28. The first-order chi connectivity index (χ1) is 16.1. The van der Waals surface area contributed by atoms with Crippen LogP contribution in [0.15, 0.2) is 48.8 Å². The number of methoxy groups -OCH3 is 2. The van der Waals surface area contributed by atoms with E-state index in [0.29, 0.717) is 16.5 Å². The molecule has 1 atom stereocenters. The van der Waals surface area contributed by atoms with Crippen LogP contribution in [0.3, 0.4) is 0 Å². The van der Waals surface area contributed by atoms with Gasteiger partial charge in [-0.15, -0.1) is 0 Å². The number of aromatic nitrogens is 3. The summed E-state index contributed by atoms with van der Waals surface area (Å²) in [7, 11) is 3.25. The van der Waals surface area contributed by atoms with Gasteiger partial charge in [0.15, 0.2) is 11.5 Å². The average molecular weight is 486 g/mol. The monoisotopic (exact) mass is 485 g/mol. The van der Waals surface area contributed by atoms with Crippen LogP contribution in [0, 0.1) is 0 Å². The van der Waals surface area contributed by atoms with Crippen molar-refractivity contribution in [2.24, 2.45) is 0 Å². The molecular weight excluding hydrogens is 462 g/mol. The molecule has 3 heterocycles. The van der Waals surface area contributed by atoms with E-state index in [1.807, 2.05) is 36.4 Å². The number of nitrogens with zero attached hydrogens (tertiary/aromatic N) is 5. The highest BCUT2D eigenvalue weighted by Crippen LogP contribution is 2.42. The summed E-state index contributed by atoms with van der Waals surface area (Å²) in [6, 6.07) is 13.7. The van der Waals surface area contributed by atoms with Gasteiger partial charge in [-0.2, -0.15) is 9.61 Å². The number of anilines is 1. The Morgan fingerprint density at radius 2 is 1.82 bits per heavy atom. The van der Waals surface area contributed by atoms with E-state index >= 15 is 0 Å². The summed E-state index contributed by atoms with van der Waals surface area (Å²) in [5, 5.41) is 15.9. The van der Waals surface area contributed by atoms with Crippen LogP contribution < -0.4 is 14.4 Å². The Morgan fingerprint density at radius 3 is 2.52 bits per heavy atom. The standard InChI is InChI=1S/C23H24ClN5O3S/c1-31-18-7-6-15(12-19(18)32-2)20(21-22(30)29-23(33-21)25-14-26-29)28-10-8-27(9-11-28)17-5-3-4-16(24)13-17/h3-7,12-14,20,30H,8-11H2,1-2H3/t20-/m0/s1. The predicted molar refractivity (Wildman–Crippen MR) is 129 cm³/mol. The molecule has 33 heavy (non-hydrogen) atoms. The van der Waals surface area contributed by atoms with Gasteiger partial charge in [0.05, 0.1) is 25.1 Å². The molecule has 1 aliphatic rings. The summed E-state index contributed by atoms with van der Waals surface area (Å²) in [4.78, 5) is 10.4. The van der Waals surface area contributed by atoms with Gasteiger partial charge >= 0.3 is 0 Å². The van der Waals surface area contributed by atoms with Crippen molar-refractivity contribution in [3.05, 3.63) is 64.3 Å². The topological polar surface area (TPSA) is 75.4 Å². The van der Waals surface area contributed by atoms with Crippen LogP contribution in [0.5, 0.6) is 17.4 Å². The molecule has 0 aliphatic carbocycles. The minimum atomic E-state index is -0.181. The van der Waals surface area contributed by atoms with E-state index in [0.717, 1.165) is 47.3 Å². The molecule has 172 valence electrons. The zero-order valence-electron chi connectivity index (χ0n) is 18.3. The molecule has 2 aromatic heterocycles. The minimum Gasteiger partial charge on any atom is -0.493 e. The van der Waals surface area contributed by atoms with Gasteiger partial charge in [-0.3, -0.25) is 4.90 Å². The highest BCUT2D eigenvalue weighted by molar-refractivity contribution is 7.17. The van der Waals surface area contributed by atoms with Gasteiger partial charge in [0, 0.05) is 36.9 Å². The van der Waals surface area contributed by atoms with E-state index in [1.165, 1.54) is 22.2 Å². The SMILES string of the molecule is COc1ccc([C@@H](c2sc3ncnn3c2O)N2CCN(c3cccc(Cl)c3)CC2)cc1OC. The maximum atomic E-state index is 11.0. The van der Waals surface area contributed by atoms with E-state index in [4.69, 9.17) is 21.1 Å². The Kier molecular flexibility index (Phi) is 6.01. The van der Waals surface area contributed by atoms with Crippen molar-refractivity contribution >= 4 is 33.6 Å². The molecule has 8 nitrogen and oxygen atoms in total. The number of rotatable bonds is 6. The molecule has 0 bridgehead atoms. The molecule has 0 saturated carbocycles. The minimum absolute atomic E-state index is 0.115. The van der Waals surface area contributed by atoms with Crippen LogP contribution in [0.25, 0.3) is 4.96 Å². The molecule has 1 aliphatic heterocycles. The maximum Gasteiger partial charge on any atom is 0.230 e. The summed E-state index contributed by atoms with van der Waals surface area (Å²) in [5.41, 5.74) is 2.12. The van der Waals surface area contributed by atoms with Gasteiger partial charge in [0.2, 0.25) is 10.8 Å². The van der Waals surface area contributed by atoms with Gasteiger partial charge in [0.25, 0.3) is 0 Å². The molecule has 5 rings (SSSR count). The second-order valence-electron chi connectivity index (χ2n) is 7.76. The molecular formula is C23H24ClN5O3S. The van der Waals surface area contributed by atoms with E-state index < -0.39 is 0 Å². The van der Waals surface area contributed by atoms with Gasteiger partial charge in [-0.05, 0) is 35.9 Å². The molecule has 0 radical (unpaired) electrons. The lowest BCUT2D eigenvalue weighted by Gasteiger charge is -2.40. The number of benzene rings is 2. The molecule has 1 saturated heterocycles. The quantitative estimate of drug-likeness (QED) is 0.441. The highest BCUT2D eigenvalue weighted by Gasteiger charge is 2.32. The number of ether oxygens (including phenoxy) is 2. The summed E-state index contributed by atoms with van der Waals surface area (Å²) < 4.78 is 12.5. The van der Waals surface area contributed by atoms with E-state index in [2.05, 4.69) is 25.9 Å². The smallest absolute Gasteiger partial charge is 0.230 e. The number of hydrogen-bond donors (Lipinski definition) is 1. The van der Waals surface area contributed by atoms with Crippen molar-refractivity contribution in [3.8, 4) is 17.4 Å². The fourth-order valence-electron chi connectivity index (χ4n) is 4.33. The van der Waals surface area contributed by atoms with Crippen molar-refractivity contribution in [2.75, 3.05) is 45.3 Å². The first-order valence-corrected chi connectivity index (χ1v) is 11.8. The normalized spacial score (nSPS) is 15.7. The van der Waals surface area contributed by atoms with Gasteiger partial charge in [-0.1, -0.05) is 35.1 Å². The molecule has 0 amide bonds. The Hall–Kier alpha value is -3.01. The Balaban J connectivity index is 1.50. The van der Waals surface area contributed by atoms with E-state index in [-0.39, 0.29) is 11.9 Å². The predicted octanol–water partition coefficient (Wildman–Crippen LogP) is 4.08. The van der Waals surface area contributed by atoms with E-state index in [1.54, 1.807) is 14.2 Å². The maximum absolute atomic E-state index is 11.0. The number of halogens is 1. The van der Waals surface area contributed by atoms with E-state index in [9.17, 15) is 5.11 Å². The lowest BCUT2D eigenvalue weighted by Crippen LogP contribution is -2.47. The molecule has 4 aromatic rings. The lowest BCUT2D eigenvalue weighted by atomic mass is 10.0. The first kappa shape index (κ1) is 21.8. The third-order valence-electron chi connectivity index (χ3n) is 5.96. The second kappa shape index (κ2) is 9.09. The molecule has 1 fully saturated rings. The molecule has 0 unspecified atom stereocenters. The van der Waals surface area contributed by atoms with Crippen LogP contribution in [-0.2, 0) is 0 Å². The van der Waals surface area contributed by atoms with Crippen LogP contribution in [0.4, 0.5) is 5.69 Å². The molecule has 2 aromatic carbocycles. The van der Waals surface area contributed by atoms with Crippen molar-refractivity contribution in [1.82, 2.24) is 19.5 Å². The van der Waals surface area contributed by atoms with Crippen molar-refractivity contribution in [3.63, 3.8) is 0 Å². The van der Waals surface area contributed by atoms with Gasteiger partial charge in [-0.25, -0.2) is 4.98 Å². The van der Waals surface area contributed by atoms with Crippen molar-refractivity contribution in [1.29, 1.82) is 0 Å². The number of aromatic hydroxyl groups is 1. The van der Waals surface area contributed by atoms with Crippen LogP contribution in [-0.4, -0.2) is 65.0 Å². The van der Waals surface area contributed by atoms with Crippen LogP contribution >= 0.6 is 22.9 Å². The zero-order chi connectivity index (χ0) is 22.9. The summed E-state index contributed by atoms with van der Waals surface area (Å²) in [6.45, 7) is 3.29. The van der Waals surface area contributed by atoms with Gasteiger partial charge in [0.1, 0.15) is 6.33 Å². The van der Waals surface area contributed by atoms with Crippen LogP contribution in [0.1, 0.15) is 16.5 Å². The lowest BCUT2D eigenvalue weighted by molar-refractivity contribution is 0.210. The molecule has 10 heteroatoms. The third kappa shape index (κ3) is 4.07. The number of thiazole rings is 1. The highest BCUT2D eigenvalue weighted by atomic mass is 35.5. The second-order valence-corrected chi connectivity index (χ2v) is 9.21. The van der Waals surface area contributed by atoms with Crippen molar-refractivity contribution in [2.45, 2.75) is 6.04 Å². The van der Waals surface area contributed by atoms with Crippen molar-refractivity contribution < 1.29 is 14.6 Å². The Bertz CT molecular complexity index is 1270. The summed E-state index contributed by atoms with van der Waals surface area (Å²) in [5.74, 6) is 1.43. The first-order valence-electron chi connectivity index (χ1n) is 10.6. The average Bonchev–Trinajstić information content (AvgIpc) is 3.43. The Morgan fingerprint density at radius 1 is 1.03 bits per heavy atom. The Labute approximate surface area is 200 Å². The van der Waals surface area contributed by atoms with Crippen LogP contribution in [0.2, 0.25) is 5.02 Å². The van der Waals surface area contributed by atoms with Gasteiger partial charge < -0.3 is 19.5 Å². The molecule has 1 N–H and O–H groups in total. The summed E-state index contributed by atoms with van der Waals surface area (Å²) >= 11 is 7.65. The fraction of sp³-hybridized carbons (Fsp3) is 0.304. The number of piperazine rings is 1. The largest absolute Gasteiger partial charge is 0.493 e. The zero-order valence-corrected chi connectivity index (χ0v) is 19.9. The fourth-order valence-corrected chi connectivity index (χ4v) is 5.61. The molecule has 0 spiro atoms. The number of hydrogen-bond acceptors (Lipinski definition) is 8.